The molecule has 1 amide bonds. The first-order chi connectivity index (χ1) is 9.08. The Kier molecular flexibility index (Phi) is 4.96. The van der Waals surface area contributed by atoms with Crippen molar-refractivity contribution in [3.63, 3.8) is 0 Å². The number of ether oxygens (including phenoxy) is 1. The molecule has 0 N–H and O–H groups in total. The molecule has 1 unspecified atom stereocenters. The van der Waals surface area contributed by atoms with E-state index in [1.165, 1.54) is 6.07 Å². The van der Waals surface area contributed by atoms with Crippen LogP contribution in [0.2, 0.25) is 10.3 Å². The van der Waals surface area contributed by atoms with Gasteiger partial charge in [0.2, 0.25) is 0 Å². The molecule has 1 aromatic rings. The second-order valence-electron chi connectivity index (χ2n) is 4.64. The summed E-state index contributed by atoms with van der Waals surface area (Å²) in [7, 11) is 1.74. The molecule has 0 aromatic carbocycles. The van der Waals surface area contributed by atoms with Gasteiger partial charge in [0.05, 0.1) is 12.2 Å². The number of hydrogen-bond acceptors (Lipinski definition) is 4. The molecule has 1 atom stereocenters. The zero-order valence-electron chi connectivity index (χ0n) is 10.6. The van der Waals surface area contributed by atoms with E-state index in [9.17, 15) is 4.79 Å². The molecule has 7 heteroatoms. The highest BCUT2D eigenvalue weighted by Crippen LogP contribution is 2.19. The first-order valence-electron chi connectivity index (χ1n) is 6.10. The van der Waals surface area contributed by atoms with Gasteiger partial charge in [-0.25, -0.2) is 0 Å². The van der Waals surface area contributed by atoms with E-state index in [1.54, 1.807) is 11.9 Å². The SMILES string of the molecule is CN(CC1CCCOC1)C(=O)c1cc(Cl)nnc1Cl. The highest BCUT2D eigenvalue weighted by molar-refractivity contribution is 6.34. The van der Waals surface area contributed by atoms with E-state index in [-0.39, 0.29) is 21.8 Å². The van der Waals surface area contributed by atoms with Gasteiger partial charge in [0, 0.05) is 20.2 Å². The fourth-order valence-electron chi connectivity index (χ4n) is 2.13. The molecule has 2 heterocycles. The zero-order valence-corrected chi connectivity index (χ0v) is 12.1. The van der Waals surface area contributed by atoms with E-state index in [1.807, 2.05) is 0 Å². The van der Waals surface area contributed by atoms with Gasteiger partial charge in [-0.15, -0.1) is 10.2 Å². The van der Waals surface area contributed by atoms with Gasteiger partial charge >= 0.3 is 0 Å². The molecule has 2 rings (SSSR count). The fraction of sp³-hybridized carbons (Fsp3) is 0.583. The quantitative estimate of drug-likeness (QED) is 0.859. The molecule has 1 aromatic heterocycles. The van der Waals surface area contributed by atoms with Crippen molar-refractivity contribution in [2.24, 2.45) is 5.92 Å². The van der Waals surface area contributed by atoms with Crippen LogP contribution in [0.3, 0.4) is 0 Å². The van der Waals surface area contributed by atoms with Gasteiger partial charge in [0.15, 0.2) is 10.3 Å². The number of nitrogens with zero attached hydrogens (tertiary/aromatic N) is 3. The second kappa shape index (κ2) is 6.50. The molecule has 0 bridgehead atoms. The largest absolute Gasteiger partial charge is 0.381 e. The van der Waals surface area contributed by atoms with Crippen LogP contribution in [0.5, 0.6) is 0 Å². The Bertz CT molecular complexity index is 464. The lowest BCUT2D eigenvalue weighted by Crippen LogP contribution is -2.35. The van der Waals surface area contributed by atoms with E-state index in [0.717, 1.165) is 19.4 Å². The van der Waals surface area contributed by atoms with Crippen LogP contribution in [0.15, 0.2) is 6.07 Å². The van der Waals surface area contributed by atoms with Crippen molar-refractivity contribution < 1.29 is 9.53 Å². The van der Waals surface area contributed by atoms with Crippen LogP contribution >= 0.6 is 23.2 Å². The molecule has 0 saturated carbocycles. The number of rotatable bonds is 3. The molecular weight excluding hydrogens is 289 g/mol. The van der Waals surface area contributed by atoms with Gasteiger partial charge < -0.3 is 9.64 Å². The zero-order chi connectivity index (χ0) is 13.8. The average Bonchev–Trinajstić information content (AvgIpc) is 2.42. The van der Waals surface area contributed by atoms with Crippen molar-refractivity contribution in [1.82, 2.24) is 15.1 Å². The molecule has 0 spiro atoms. The number of amides is 1. The highest BCUT2D eigenvalue weighted by atomic mass is 35.5. The Morgan fingerprint density at radius 1 is 1.53 bits per heavy atom. The maximum absolute atomic E-state index is 12.3. The summed E-state index contributed by atoms with van der Waals surface area (Å²) in [5.74, 6) is 0.166. The van der Waals surface area contributed by atoms with Crippen LogP contribution in [0.4, 0.5) is 0 Å². The summed E-state index contributed by atoms with van der Waals surface area (Å²) < 4.78 is 5.40. The standard InChI is InChI=1S/C12H15Cl2N3O2/c1-17(6-8-3-2-4-19-7-8)12(18)9-5-10(13)15-16-11(9)14/h5,8H,2-4,6-7H2,1H3. The summed E-state index contributed by atoms with van der Waals surface area (Å²) in [6.07, 6.45) is 2.11. The van der Waals surface area contributed by atoms with Crippen molar-refractivity contribution in [3.8, 4) is 0 Å². The van der Waals surface area contributed by atoms with E-state index >= 15 is 0 Å². The van der Waals surface area contributed by atoms with Crippen molar-refractivity contribution in [2.75, 3.05) is 26.8 Å². The van der Waals surface area contributed by atoms with Crippen LogP contribution in [0, 0.1) is 5.92 Å². The highest BCUT2D eigenvalue weighted by Gasteiger charge is 2.22. The van der Waals surface area contributed by atoms with E-state index < -0.39 is 0 Å². The number of carbonyl (C=O) groups is 1. The lowest BCUT2D eigenvalue weighted by Gasteiger charge is -2.27. The van der Waals surface area contributed by atoms with Crippen LogP contribution in [0.1, 0.15) is 23.2 Å². The summed E-state index contributed by atoms with van der Waals surface area (Å²) in [6.45, 7) is 2.14. The summed E-state index contributed by atoms with van der Waals surface area (Å²) >= 11 is 11.6. The Labute approximate surface area is 121 Å². The molecule has 1 aliphatic rings. The van der Waals surface area contributed by atoms with E-state index in [2.05, 4.69) is 10.2 Å². The normalized spacial score (nSPS) is 19.2. The van der Waals surface area contributed by atoms with Crippen LogP contribution in [-0.4, -0.2) is 47.8 Å². The predicted octanol–water partition coefficient (Wildman–Crippen LogP) is 2.28. The lowest BCUT2D eigenvalue weighted by molar-refractivity contribution is 0.0388. The monoisotopic (exact) mass is 303 g/mol. The minimum atomic E-state index is -0.202. The molecule has 19 heavy (non-hydrogen) atoms. The van der Waals surface area contributed by atoms with Crippen molar-refractivity contribution >= 4 is 29.1 Å². The number of halogens is 2. The number of aromatic nitrogens is 2. The predicted molar refractivity (Wildman–Crippen MR) is 72.6 cm³/mol. The summed E-state index contributed by atoms with van der Waals surface area (Å²) in [6, 6.07) is 1.44. The smallest absolute Gasteiger partial charge is 0.256 e. The molecule has 0 radical (unpaired) electrons. The Hall–Kier alpha value is -0.910. The summed E-state index contributed by atoms with van der Waals surface area (Å²) in [5.41, 5.74) is 0.279. The molecule has 1 aliphatic heterocycles. The van der Waals surface area contributed by atoms with Gasteiger partial charge in [-0.1, -0.05) is 23.2 Å². The third-order valence-corrected chi connectivity index (χ3v) is 3.55. The Morgan fingerprint density at radius 2 is 2.32 bits per heavy atom. The first-order valence-corrected chi connectivity index (χ1v) is 6.85. The third kappa shape index (κ3) is 3.78. The Balaban J connectivity index is 2.03. The molecule has 5 nitrogen and oxygen atoms in total. The topological polar surface area (TPSA) is 55.3 Å². The average molecular weight is 304 g/mol. The van der Waals surface area contributed by atoms with E-state index in [4.69, 9.17) is 27.9 Å². The van der Waals surface area contributed by atoms with Gasteiger partial charge in [0.1, 0.15) is 0 Å². The van der Waals surface area contributed by atoms with Crippen molar-refractivity contribution in [3.05, 3.63) is 21.9 Å². The van der Waals surface area contributed by atoms with Gasteiger partial charge in [-0.3, -0.25) is 4.79 Å². The molecule has 1 saturated heterocycles. The minimum Gasteiger partial charge on any atom is -0.381 e. The number of carbonyl (C=O) groups excluding carboxylic acids is 1. The maximum atomic E-state index is 12.3. The lowest BCUT2D eigenvalue weighted by atomic mass is 10.0. The van der Waals surface area contributed by atoms with Crippen molar-refractivity contribution in [2.45, 2.75) is 12.8 Å². The second-order valence-corrected chi connectivity index (χ2v) is 5.39. The van der Waals surface area contributed by atoms with Crippen LogP contribution in [-0.2, 0) is 4.74 Å². The molecule has 1 fully saturated rings. The minimum absolute atomic E-state index is 0.0705. The van der Waals surface area contributed by atoms with Crippen LogP contribution < -0.4 is 0 Å². The summed E-state index contributed by atoms with van der Waals surface area (Å²) in [5, 5.41) is 7.46. The molecule has 0 aliphatic carbocycles. The maximum Gasteiger partial charge on any atom is 0.256 e. The van der Waals surface area contributed by atoms with Crippen LogP contribution in [0.25, 0.3) is 0 Å². The fourth-order valence-corrected chi connectivity index (χ4v) is 2.45. The van der Waals surface area contributed by atoms with Crippen molar-refractivity contribution in [1.29, 1.82) is 0 Å². The summed E-state index contributed by atoms with van der Waals surface area (Å²) in [4.78, 5) is 13.9. The third-order valence-electron chi connectivity index (χ3n) is 3.08. The molecular formula is C12H15Cl2N3O2. The van der Waals surface area contributed by atoms with E-state index in [0.29, 0.717) is 19.1 Å². The Morgan fingerprint density at radius 3 is 3.00 bits per heavy atom. The first kappa shape index (κ1) is 14.5. The van der Waals surface area contributed by atoms with Gasteiger partial charge in [-0.2, -0.15) is 0 Å². The van der Waals surface area contributed by atoms with Gasteiger partial charge in [-0.05, 0) is 24.8 Å². The number of hydrogen-bond donors (Lipinski definition) is 0. The molecule has 104 valence electrons. The van der Waals surface area contributed by atoms with Gasteiger partial charge in [0.25, 0.3) is 5.91 Å².